The molecule has 0 unspecified atom stereocenters. The fraction of sp³-hybridized carbons (Fsp3) is 0.105. The van der Waals surface area contributed by atoms with E-state index >= 15 is 0 Å². The van der Waals surface area contributed by atoms with Crippen LogP contribution in [0.3, 0.4) is 0 Å². The van der Waals surface area contributed by atoms with Crippen molar-refractivity contribution in [2.75, 3.05) is 12.4 Å². The summed E-state index contributed by atoms with van der Waals surface area (Å²) in [6.45, 7) is 0.343. The zero-order valence-corrected chi connectivity index (χ0v) is 17.2. The third kappa shape index (κ3) is 4.22. The summed E-state index contributed by atoms with van der Waals surface area (Å²) in [5.74, 6) is 0.791. The first kappa shape index (κ1) is 18.6. The molecule has 4 rings (SSSR count). The van der Waals surface area contributed by atoms with Crippen LogP contribution >= 0.6 is 34.0 Å². The second-order valence-corrected chi connectivity index (χ2v) is 8.13. The number of rotatable bonds is 7. The first-order valence-electron chi connectivity index (χ1n) is 8.21. The Morgan fingerprint density at radius 2 is 2.11 bits per heavy atom. The van der Waals surface area contributed by atoms with Gasteiger partial charge in [-0.15, -0.1) is 34.0 Å². The van der Waals surface area contributed by atoms with E-state index in [-0.39, 0.29) is 5.91 Å². The Hall–Kier alpha value is -2.75. The first-order valence-corrected chi connectivity index (χ1v) is 10.9. The number of methoxy groups -OCH3 is 1. The molecule has 9 heteroatoms. The van der Waals surface area contributed by atoms with E-state index in [9.17, 15) is 4.79 Å². The summed E-state index contributed by atoms with van der Waals surface area (Å²) in [4.78, 5) is 22.3. The lowest BCUT2D eigenvalue weighted by molar-refractivity contribution is 0.102. The van der Waals surface area contributed by atoms with Crippen molar-refractivity contribution < 1.29 is 14.3 Å². The smallest absolute Gasteiger partial charge is 0.257 e. The van der Waals surface area contributed by atoms with Gasteiger partial charge in [0, 0.05) is 16.3 Å². The molecule has 4 aromatic rings. The van der Waals surface area contributed by atoms with Gasteiger partial charge in [-0.1, -0.05) is 6.07 Å². The Labute approximate surface area is 173 Å². The van der Waals surface area contributed by atoms with Gasteiger partial charge in [0.25, 0.3) is 5.91 Å². The van der Waals surface area contributed by atoms with Crippen LogP contribution in [-0.2, 0) is 6.61 Å². The molecule has 0 radical (unpaired) electrons. The van der Waals surface area contributed by atoms with Crippen molar-refractivity contribution in [1.29, 1.82) is 0 Å². The quantitative estimate of drug-likeness (QED) is 0.439. The normalized spacial score (nSPS) is 10.6. The molecule has 3 aromatic heterocycles. The van der Waals surface area contributed by atoms with E-state index in [1.165, 1.54) is 22.7 Å². The number of amides is 1. The third-order valence-electron chi connectivity index (χ3n) is 3.78. The van der Waals surface area contributed by atoms with Crippen LogP contribution < -0.4 is 14.8 Å². The minimum atomic E-state index is -0.253. The Morgan fingerprint density at radius 3 is 2.86 bits per heavy atom. The van der Waals surface area contributed by atoms with Gasteiger partial charge in [0.2, 0.25) is 0 Å². The predicted molar refractivity (Wildman–Crippen MR) is 113 cm³/mol. The number of thiazole rings is 2. The molecule has 142 valence electrons. The molecule has 0 aliphatic heterocycles. The largest absolute Gasteiger partial charge is 0.493 e. The molecule has 0 fully saturated rings. The molecule has 0 aliphatic rings. The fourth-order valence-corrected chi connectivity index (χ4v) is 4.44. The van der Waals surface area contributed by atoms with E-state index in [1.54, 1.807) is 42.2 Å². The number of hydrogen-bond donors (Lipinski definition) is 1. The number of nitrogens with zero attached hydrogens (tertiary/aromatic N) is 2. The van der Waals surface area contributed by atoms with Crippen molar-refractivity contribution in [1.82, 2.24) is 9.97 Å². The van der Waals surface area contributed by atoms with Crippen LogP contribution in [0.25, 0.3) is 10.6 Å². The molecule has 6 nitrogen and oxygen atoms in total. The summed E-state index contributed by atoms with van der Waals surface area (Å²) in [5, 5.41) is 9.23. The SMILES string of the molecule is COc1cc(C(=O)Nc2nc(-c3cccs3)cs2)ccc1OCc1cscn1. The average Bonchev–Trinajstić information content (AvgIpc) is 3.48. The number of ether oxygens (including phenoxy) is 2. The van der Waals surface area contributed by atoms with Crippen LogP contribution in [0, 0.1) is 0 Å². The number of carbonyl (C=O) groups is 1. The highest BCUT2D eigenvalue weighted by Crippen LogP contribution is 2.31. The van der Waals surface area contributed by atoms with Crippen molar-refractivity contribution >= 4 is 45.0 Å². The molecule has 3 heterocycles. The van der Waals surface area contributed by atoms with Gasteiger partial charge in [0.1, 0.15) is 6.61 Å². The van der Waals surface area contributed by atoms with Crippen molar-refractivity contribution in [2.45, 2.75) is 6.61 Å². The molecule has 0 bridgehead atoms. The van der Waals surface area contributed by atoms with Crippen LogP contribution in [0.2, 0.25) is 0 Å². The minimum Gasteiger partial charge on any atom is -0.493 e. The summed E-state index contributed by atoms with van der Waals surface area (Å²) in [5.41, 5.74) is 3.93. The lowest BCUT2D eigenvalue weighted by Gasteiger charge is -2.11. The van der Waals surface area contributed by atoms with Crippen LogP contribution in [0.1, 0.15) is 16.1 Å². The Kier molecular flexibility index (Phi) is 5.65. The van der Waals surface area contributed by atoms with Crippen molar-refractivity contribution in [3.05, 3.63) is 63.2 Å². The fourth-order valence-electron chi connectivity index (χ4n) is 2.43. The van der Waals surface area contributed by atoms with Gasteiger partial charge in [0.05, 0.1) is 28.9 Å². The molecule has 0 spiro atoms. The Bertz CT molecular complexity index is 1060. The van der Waals surface area contributed by atoms with Gasteiger partial charge in [0.15, 0.2) is 16.6 Å². The van der Waals surface area contributed by atoms with Gasteiger partial charge < -0.3 is 9.47 Å². The van der Waals surface area contributed by atoms with Gasteiger partial charge in [-0.25, -0.2) is 9.97 Å². The van der Waals surface area contributed by atoms with Gasteiger partial charge in [-0.2, -0.15) is 0 Å². The lowest BCUT2D eigenvalue weighted by atomic mass is 10.2. The van der Waals surface area contributed by atoms with E-state index in [4.69, 9.17) is 9.47 Å². The van der Waals surface area contributed by atoms with E-state index in [0.717, 1.165) is 16.3 Å². The Morgan fingerprint density at radius 1 is 1.18 bits per heavy atom. The standard InChI is InChI=1S/C19H15N3O3S3/c1-24-16-7-12(4-5-15(16)25-8-13-9-26-11-20-13)18(23)22-19-21-14(10-28-19)17-3-2-6-27-17/h2-7,9-11H,8H2,1H3,(H,21,22,23). The van der Waals surface area contributed by atoms with Crippen LogP contribution in [0.15, 0.2) is 52.0 Å². The van der Waals surface area contributed by atoms with Gasteiger partial charge in [-0.3, -0.25) is 10.1 Å². The van der Waals surface area contributed by atoms with Gasteiger partial charge >= 0.3 is 0 Å². The molecule has 1 N–H and O–H groups in total. The van der Waals surface area contributed by atoms with E-state index in [2.05, 4.69) is 15.3 Å². The van der Waals surface area contributed by atoms with Crippen LogP contribution in [-0.4, -0.2) is 23.0 Å². The second-order valence-electron chi connectivity index (χ2n) is 5.60. The summed E-state index contributed by atoms with van der Waals surface area (Å²) in [7, 11) is 1.54. The minimum absolute atomic E-state index is 0.253. The maximum Gasteiger partial charge on any atom is 0.257 e. The zero-order valence-electron chi connectivity index (χ0n) is 14.7. The molecule has 0 saturated carbocycles. The number of hydrogen-bond acceptors (Lipinski definition) is 8. The van der Waals surface area contributed by atoms with E-state index in [1.807, 2.05) is 28.3 Å². The molecule has 0 aliphatic carbocycles. The lowest BCUT2D eigenvalue weighted by Crippen LogP contribution is -2.12. The van der Waals surface area contributed by atoms with Crippen LogP contribution in [0.4, 0.5) is 5.13 Å². The number of thiophene rings is 1. The highest BCUT2D eigenvalue weighted by atomic mass is 32.1. The number of nitrogens with one attached hydrogen (secondary N) is 1. The summed E-state index contributed by atoms with van der Waals surface area (Å²) in [6, 6.07) is 9.04. The summed E-state index contributed by atoms with van der Waals surface area (Å²) >= 11 is 4.52. The predicted octanol–water partition coefficient (Wildman–Crippen LogP) is 5.17. The highest BCUT2D eigenvalue weighted by Gasteiger charge is 2.14. The maximum absolute atomic E-state index is 12.6. The van der Waals surface area contributed by atoms with E-state index in [0.29, 0.717) is 28.8 Å². The molecule has 1 aromatic carbocycles. The molecule has 0 atom stereocenters. The van der Waals surface area contributed by atoms with Crippen LogP contribution in [0.5, 0.6) is 11.5 Å². The second kappa shape index (κ2) is 8.51. The number of carbonyl (C=O) groups excluding carboxylic acids is 1. The molecule has 1 amide bonds. The highest BCUT2D eigenvalue weighted by molar-refractivity contribution is 7.16. The molecular weight excluding hydrogens is 414 g/mol. The number of aromatic nitrogens is 2. The van der Waals surface area contributed by atoms with Crippen molar-refractivity contribution in [3.63, 3.8) is 0 Å². The third-order valence-corrected chi connectivity index (χ3v) is 6.07. The molecule has 28 heavy (non-hydrogen) atoms. The van der Waals surface area contributed by atoms with Gasteiger partial charge in [-0.05, 0) is 29.6 Å². The number of benzene rings is 1. The van der Waals surface area contributed by atoms with Crippen molar-refractivity contribution in [2.24, 2.45) is 0 Å². The summed E-state index contributed by atoms with van der Waals surface area (Å²) < 4.78 is 11.1. The first-order chi connectivity index (χ1) is 13.7. The molecular formula is C19H15N3O3S3. The topological polar surface area (TPSA) is 73.3 Å². The number of anilines is 1. The summed E-state index contributed by atoms with van der Waals surface area (Å²) in [6.07, 6.45) is 0. The zero-order chi connectivity index (χ0) is 19.3. The maximum atomic E-state index is 12.6. The van der Waals surface area contributed by atoms with Crippen molar-refractivity contribution in [3.8, 4) is 22.1 Å². The van der Waals surface area contributed by atoms with E-state index < -0.39 is 0 Å². The monoisotopic (exact) mass is 429 g/mol. The average molecular weight is 430 g/mol. The Balaban J connectivity index is 1.45. The molecule has 0 saturated heterocycles.